The lowest BCUT2D eigenvalue weighted by atomic mass is 10.1. The number of aliphatic hydroxyl groups is 1. The van der Waals surface area contributed by atoms with Crippen LogP contribution >= 0.6 is 0 Å². The van der Waals surface area contributed by atoms with E-state index in [0.717, 1.165) is 44.9 Å². The monoisotopic (exact) mass is 292 g/mol. The molecule has 0 aliphatic carbocycles. The predicted octanol–water partition coefficient (Wildman–Crippen LogP) is 3.75. The Kier molecular flexibility index (Phi) is 13.9. The zero-order valence-electron chi connectivity index (χ0n) is 13.2. The fraction of sp³-hybridized carbons (Fsp3) is 0.722. The Bertz CT molecular complexity index is 379. The van der Waals surface area contributed by atoms with Gasteiger partial charge in [-0.1, -0.05) is 57.3 Å². The van der Waals surface area contributed by atoms with Crippen LogP contribution in [0.4, 0.5) is 0 Å². The highest BCUT2D eigenvalue weighted by atomic mass is 16.4. The molecule has 0 aliphatic heterocycles. The largest absolute Gasteiger partial charge is 0.479 e. The number of aliphatic carboxylic acids is 1. The van der Waals surface area contributed by atoms with Gasteiger partial charge in [0.1, 0.15) is 0 Å². The average Bonchev–Trinajstić information content (AvgIpc) is 2.47. The quantitative estimate of drug-likeness (QED) is 0.450. The van der Waals surface area contributed by atoms with Crippen molar-refractivity contribution in [1.82, 2.24) is 0 Å². The Balaban J connectivity index is 3.35. The minimum absolute atomic E-state index is 0.350. The van der Waals surface area contributed by atoms with Gasteiger partial charge in [-0.2, -0.15) is 0 Å². The fourth-order valence-electron chi connectivity index (χ4n) is 1.88. The van der Waals surface area contributed by atoms with E-state index in [-0.39, 0.29) is 0 Å². The van der Waals surface area contributed by atoms with E-state index in [1.54, 1.807) is 0 Å². The van der Waals surface area contributed by atoms with E-state index in [2.05, 4.69) is 30.6 Å². The van der Waals surface area contributed by atoms with Crippen molar-refractivity contribution in [3.63, 3.8) is 0 Å². The first-order valence-electron chi connectivity index (χ1n) is 8.05. The molecule has 1 unspecified atom stereocenters. The highest BCUT2D eigenvalue weighted by Crippen LogP contribution is 2.08. The van der Waals surface area contributed by atoms with Gasteiger partial charge in [-0.25, -0.2) is 4.79 Å². The Labute approximate surface area is 129 Å². The molecule has 0 heterocycles. The number of unbranched alkanes of at least 4 members (excludes halogenated alkanes) is 8. The number of aliphatic hydroxyl groups excluding tert-OH is 1. The lowest BCUT2D eigenvalue weighted by molar-refractivity contribution is -0.146. The van der Waals surface area contributed by atoms with Crippen LogP contribution < -0.4 is 0 Å². The van der Waals surface area contributed by atoms with Crippen LogP contribution in [0.25, 0.3) is 0 Å². The molecule has 0 fully saturated rings. The summed E-state index contributed by atoms with van der Waals surface area (Å²) < 4.78 is 0. The predicted molar refractivity (Wildman–Crippen MR) is 85.7 cm³/mol. The molecule has 1 atom stereocenters. The Morgan fingerprint density at radius 1 is 0.905 bits per heavy atom. The number of carboxylic acid groups (broad SMARTS) is 1. The summed E-state index contributed by atoms with van der Waals surface area (Å²) in [5.41, 5.74) is 0. The summed E-state index contributed by atoms with van der Waals surface area (Å²) in [6.07, 6.45) is 9.57. The first kappa shape index (κ1) is 19.6. The van der Waals surface area contributed by atoms with Crippen LogP contribution in [0.3, 0.4) is 0 Å². The molecular formula is C18H28O3. The van der Waals surface area contributed by atoms with Gasteiger partial charge in [0.05, 0.1) is 0 Å². The van der Waals surface area contributed by atoms with E-state index in [1.807, 2.05) is 0 Å². The molecule has 118 valence electrons. The third kappa shape index (κ3) is 14.8. The molecule has 3 heteroatoms. The van der Waals surface area contributed by atoms with Gasteiger partial charge < -0.3 is 10.2 Å². The summed E-state index contributed by atoms with van der Waals surface area (Å²) in [6, 6.07) is 0. The van der Waals surface area contributed by atoms with Gasteiger partial charge in [-0.3, -0.25) is 0 Å². The maximum atomic E-state index is 10.4. The first-order valence-corrected chi connectivity index (χ1v) is 8.05. The van der Waals surface area contributed by atoms with Gasteiger partial charge in [0.2, 0.25) is 0 Å². The summed E-state index contributed by atoms with van der Waals surface area (Å²) in [5.74, 6) is 10.8. The highest BCUT2D eigenvalue weighted by Gasteiger charge is 2.11. The molecule has 0 bridgehead atoms. The molecule has 21 heavy (non-hydrogen) atoms. The van der Waals surface area contributed by atoms with E-state index in [0.29, 0.717) is 6.42 Å². The molecule has 0 aromatic carbocycles. The average molecular weight is 292 g/mol. The first-order chi connectivity index (χ1) is 10.2. The van der Waals surface area contributed by atoms with Crippen LogP contribution in [-0.2, 0) is 4.79 Å². The van der Waals surface area contributed by atoms with Gasteiger partial charge >= 0.3 is 5.97 Å². The van der Waals surface area contributed by atoms with Crippen molar-refractivity contribution in [3.8, 4) is 23.7 Å². The van der Waals surface area contributed by atoms with Gasteiger partial charge in [0, 0.05) is 12.8 Å². The maximum Gasteiger partial charge on any atom is 0.332 e. The number of carbonyl (C=O) groups is 1. The minimum Gasteiger partial charge on any atom is -0.479 e. The van der Waals surface area contributed by atoms with E-state index in [9.17, 15) is 4.79 Å². The molecule has 0 spiro atoms. The zero-order chi connectivity index (χ0) is 15.8. The molecule has 3 nitrogen and oxygen atoms in total. The maximum absolute atomic E-state index is 10.4. The third-order valence-electron chi connectivity index (χ3n) is 3.21. The summed E-state index contributed by atoms with van der Waals surface area (Å²) in [7, 11) is 0. The van der Waals surface area contributed by atoms with Crippen LogP contribution in [-0.4, -0.2) is 22.3 Å². The van der Waals surface area contributed by atoms with Gasteiger partial charge in [-0.05, 0) is 31.1 Å². The van der Waals surface area contributed by atoms with Gasteiger partial charge in [0.15, 0.2) is 6.10 Å². The SMILES string of the molecule is CCCCCC#CC#CCCCCCCCC(O)C(=O)O. The Morgan fingerprint density at radius 2 is 1.43 bits per heavy atom. The van der Waals surface area contributed by atoms with Crippen LogP contribution in [0, 0.1) is 23.7 Å². The molecule has 0 aliphatic rings. The van der Waals surface area contributed by atoms with E-state index in [4.69, 9.17) is 10.2 Å². The number of hydrogen-bond acceptors (Lipinski definition) is 2. The second-order valence-corrected chi connectivity index (χ2v) is 5.22. The van der Waals surface area contributed by atoms with Gasteiger partial charge in [-0.15, -0.1) is 0 Å². The summed E-state index contributed by atoms with van der Waals surface area (Å²) in [5, 5.41) is 17.6. The summed E-state index contributed by atoms with van der Waals surface area (Å²) in [4.78, 5) is 10.4. The Morgan fingerprint density at radius 3 is 2.00 bits per heavy atom. The van der Waals surface area contributed by atoms with Crippen LogP contribution in [0.2, 0.25) is 0 Å². The van der Waals surface area contributed by atoms with Crippen molar-refractivity contribution >= 4 is 5.97 Å². The molecule has 0 aromatic heterocycles. The van der Waals surface area contributed by atoms with Crippen LogP contribution in [0.15, 0.2) is 0 Å². The van der Waals surface area contributed by atoms with Crippen LogP contribution in [0.5, 0.6) is 0 Å². The molecule has 0 saturated carbocycles. The van der Waals surface area contributed by atoms with Crippen molar-refractivity contribution in [2.45, 2.75) is 83.7 Å². The molecule has 0 aromatic rings. The molecule has 0 rings (SSSR count). The lowest BCUT2D eigenvalue weighted by Gasteiger charge is -2.04. The number of carboxylic acids is 1. The highest BCUT2D eigenvalue weighted by molar-refractivity contribution is 5.71. The fourth-order valence-corrected chi connectivity index (χ4v) is 1.88. The second kappa shape index (κ2) is 14.9. The molecule has 2 N–H and O–H groups in total. The van der Waals surface area contributed by atoms with E-state index >= 15 is 0 Å². The third-order valence-corrected chi connectivity index (χ3v) is 3.21. The van der Waals surface area contributed by atoms with Crippen molar-refractivity contribution in [2.75, 3.05) is 0 Å². The topological polar surface area (TPSA) is 57.5 Å². The van der Waals surface area contributed by atoms with Crippen molar-refractivity contribution < 1.29 is 15.0 Å². The minimum atomic E-state index is -1.20. The van der Waals surface area contributed by atoms with E-state index in [1.165, 1.54) is 19.3 Å². The van der Waals surface area contributed by atoms with Crippen molar-refractivity contribution in [2.24, 2.45) is 0 Å². The van der Waals surface area contributed by atoms with Gasteiger partial charge in [0.25, 0.3) is 0 Å². The number of rotatable bonds is 11. The van der Waals surface area contributed by atoms with E-state index < -0.39 is 12.1 Å². The zero-order valence-corrected chi connectivity index (χ0v) is 13.2. The molecule has 0 radical (unpaired) electrons. The number of hydrogen-bond donors (Lipinski definition) is 2. The molecule has 0 amide bonds. The molecule has 0 saturated heterocycles. The summed E-state index contributed by atoms with van der Waals surface area (Å²) >= 11 is 0. The lowest BCUT2D eigenvalue weighted by Crippen LogP contribution is -2.18. The second-order valence-electron chi connectivity index (χ2n) is 5.22. The van der Waals surface area contributed by atoms with Crippen molar-refractivity contribution in [1.29, 1.82) is 0 Å². The van der Waals surface area contributed by atoms with Crippen molar-refractivity contribution in [3.05, 3.63) is 0 Å². The van der Waals surface area contributed by atoms with Crippen LogP contribution in [0.1, 0.15) is 77.6 Å². The summed E-state index contributed by atoms with van der Waals surface area (Å²) in [6.45, 7) is 2.18. The smallest absolute Gasteiger partial charge is 0.332 e. The normalized spacial score (nSPS) is 11.0. The molecular weight excluding hydrogens is 264 g/mol. The standard InChI is InChI=1S/C18H28O3/c1-2-3-4-5-6-7-8-9-10-11-12-13-14-15-16-17(19)18(20)21/h17,19H,2-5,10-16H2,1H3,(H,20,21). The Hall–Kier alpha value is -1.45.